The number of hydrogen-bond donors (Lipinski definition) is 2. The first kappa shape index (κ1) is 16.8. The van der Waals surface area contributed by atoms with Gasteiger partial charge in [-0.25, -0.2) is 0 Å². The molecule has 0 unspecified atom stereocenters. The summed E-state index contributed by atoms with van der Waals surface area (Å²) in [7, 11) is 0. The monoisotopic (exact) mass is 348 g/mol. The van der Waals surface area contributed by atoms with Gasteiger partial charge < -0.3 is 10.6 Å². The van der Waals surface area contributed by atoms with E-state index < -0.39 is 0 Å². The van der Waals surface area contributed by atoms with E-state index >= 15 is 0 Å². The molecule has 0 radical (unpaired) electrons. The van der Waals surface area contributed by atoms with Crippen LogP contribution in [0.15, 0.2) is 54.6 Å². The fourth-order valence-electron chi connectivity index (χ4n) is 3.64. The van der Waals surface area contributed by atoms with Crippen molar-refractivity contribution in [1.29, 1.82) is 0 Å². The topological polar surface area (TPSA) is 58.2 Å². The van der Waals surface area contributed by atoms with E-state index in [1.54, 1.807) is 12.1 Å². The summed E-state index contributed by atoms with van der Waals surface area (Å²) >= 11 is 0. The van der Waals surface area contributed by atoms with Gasteiger partial charge in [-0.05, 0) is 49.4 Å². The van der Waals surface area contributed by atoms with Gasteiger partial charge >= 0.3 is 0 Å². The first-order valence-corrected chi connectivity index (χ1v) is 9.41. The third-order valence-corrected chi connectivity index (χ3v) is 5.62. The summed E-state index contributed by atoms with van der Waals surface area (Å²) in [5, 5.41) is 6.00. The van der Waals surface area contributed by atoms with Crippen molar-refractivity contribution in [3.63, 3.8) is 0 Å². The van der Waals surface area contributed by atoms with E-state index in [-0.39, 0.29) is 23.1 Å². The second kappa shape index (κ2) is 6.94. The maximum Gasteiger partial charge on any atom is 0.251 e. The summed E-state index contributed by atoms with van der Waals surface area (Å²) < 4.78 is 0. The number of amides is 2. The zero-order valence-corrected chi connectivity index (χ0v) is 14.8. The predicted octanol–water partition coefficient (Wildman–Crippen LogP) is 3.89. The van der Waals surface area contributed by atoms with Crippen LogP contribution in [0.5, 0.6) is 0 Å². The first-order valence-electron chi connectivity index (χ1n) is 9.41. The van der Waals surface area contributed by atoms with Crippen molar-refractivity contribution in [1.82, 2.24) is 5.32 Å². The quantitative estimate of drug-likeness (QED) is 0.832. The number of anilines is 1. The molecule has 2 N–H and O–H groups in total. The van der Waals surface area contributed by atoms with Crippen LogP contribution in [-0.4, -0.2) is 18.4 Å². The summed E-state index contributed by atoms with van der Waals surface area (Å²) in [6.07, 6.45) is 5.35. The van der Waals surface area contributed by atoms with Crippen LogP contribution in [0.3, 0.4) is 0 Å². The van der Waals surface area contributed by atoms with Gasteiger partial charge in [-0.1, -0.05) is 42.8 Å². The average Bonchev–Trinajstić information content (AvgIpc) is 3.47. The summed E-state index contributed by atoms with van der Waals surface area (Å²) in [6.45, 7) is 0.647. The standard InChI is InChI=1S/C22H24N2O2/c25-20(17-6-4-9-19(14-17)24-21(26)16-10-11-16)23-15-22(12-5-13-22)18-7-2-1-3-8-18/h1-4,6-9,14,16H,5,10-13,15H2,(H,23,25)(H,24,26). The Morgan fingerprint density at radius 3 is 2.42 bits per heavy atom. The zero-order valence-electron chi connectivity index (χ0n) is 14.8. The second-order valence-corrected chi connectivity index (χ2v) is 7.53. The molecule has 134 valence electrons. The van der Waals surface area contributed by atoms with Gasteiger partial charge in [0.15, 0.2) is 0 Å². The fraction of sp³-hybridized carbons (Fsp3) is 0.364. The zero-order chi connectivity index (χ0) is 18.0. The van der Waals surface area contributed by atoms with Gasteiger partial charge in [-0.15, -0.1) is 0 Å². The lowest BCUT2D eigenvalue weighted by Gasteiger charge is -2.42. The molecule has 0 atom stereocenters. The molecule has 4 nitrogen and oxygen atoms in total. The molecular weight excluding hydrogens is 324 g/mol. The van der Waals surface area contributed by atoms with Crippen LogP contribution >= 0.6 is 0 Å². The molecule has 4 rings (SSSR count). The van der Waals surface area contributed by atoms with Crippen LogP contribution in [0, 0.1) is 5.92 Å². The summed E-state index contributed by atoms with van der Waals surface area (Å²) in [5.74, 6) is 0.117. The molecule has 2 aromatic carbocycles. The normalized spacial score (nSPS) is 17.8. The van der Waals surface area contributed by atoms with Gasteiger partial charge in [0, 0.05) is 29.1 Å². The van der Waals surface area contributed by atoms with E-state index in [9.17, 15) is 9.59 Å². The van der Waals surface area contributed by atoms with E-state index in [1.807, 2.05) is 18.2 Å². The van der Waals surface area contributed by atoms with Gasteiger partial charge in [-0.3, -0.25) is 9.59 Å². The Bertz CT molecular complexity index is 808. The number of carbonyl (C=O) groups is 2. The number of nitrogens with one attached hydrogen (secondary N) is 2. The summed E-state index contributed by atoms with van der Waals surface area (Å²) in [6, 6.07) is 17.6. The Morgan fingerprint density at radius 2 is 1.77 bits per heavy atom. The lowest BCUT2D eigenvalue weighted by atomic mass is 9.64. The molecule has 0 heterocycles. The Morgan fingerprint density at radius 1 is 1.00 bits per heavy atom. The van der Waals surface area contributed by atoms with Crippen LogP contribution < -0.4 is 10.6 Å². The van der Waals surface area contributed by atoms with Crippen LogP contribution in [0.2, 0.25) is 0 Å². The van der Waals surface area contributed by atoms with Crippen molar-refractivity contribution in [3.8, 4) is 0 Å². The Hall–Kier alpha value is -2.62. The van der Waals surface area contributed by atoms with Gasteiger partial charge in [0.2, 0.25) is 5.91 Å². The molecule has 0 spiro atoms. The number of rotatable bonds is 6. The van der Waals surface area contributed by atoms with E-state index in [2.05, 4.69) is 34.9 Å². The van der Waals surface area contributed by atoms with Crippen LogP contribution in [0.1, 0.15) is 48.0 Å². The van der Waals surface area contributed by atoms with Gasteiger partial charge in [0.1, 0.15) is 0 Å². The molecule has 26 heavy (non-hydrogen) atoms. The maximum atomic E-state index is 12.6. The number of carbonyl (C=O) groups excluding carboxylic acids is 2. The van der Waals surface area contributed by atoms with Gasteiger partial charge in [0.25, 0.3) is 5.91 Å². The van der Waals surface area contributed by atoms with Crippen LogP contribution in [0.4, 0.5) is 5.69 Å². The van der Waals surface area contributed by atoms with Crippen molar-refractivity contribution in [3.05, 3.63) is 65.7 Å². The highest BCUT2D eigenvalue weighted by Gasteiger charge is 2.38. The molecular formula is C22H24N2O2. The molecule has 0 bridgehead atoms. The third kappa shape index (κ3) is 3.50. The van der Waals surface area contributed by atoms with E-state index in [0.717, 1.165) is 25.7 Å². The minimum atomic E-state index is -0.0882. The Labute approximate surface area is 154 Å². The third-order valence-electron chi connectivity index (χ3n) is 5.62. The molecule has 2 fully saturated rings. The molecule has 0 aromatic heterocycles. The maximum absolute atomic E-state index is 12.6. The Balaban J connectivity index is 1.41. The van der Waals surface area contributed by atoms with E-state index in [0.29, 0.717) is 17.8 Å². The van der Waals surface area contributed by atoms with Gasteiger partial charge in [0.05, 0.1) is 0 Å². The van der Waals surface area contributed by atoms with Crippen molar-refractivity contribution in [2.75, 3.05) is 11.9 Å². The molecule has 4 heteroatoms. The van der Waals surface area contributed by atoms with Crippen molar-refractivity contribution >= 4 is 17.5 Å². The summed E-state index contributed by atoms with van der Waals surface area (Å²) in [4.78, 5) is 24.5. The predicted molar refractivity (Wildman–Crippen MR) is 102 cm³/mol. The molecule has 2 aliphatic rings. The smallest absolute Gasteiger partial charge is 0.251 e. The van der Waals surface area contributed by atoms with E-state index in [1.165, 1.54) is 12.0 Å². The highest BCUT2D eigenvalue weighted by atomic mass is 16.2. The largest absolute Gasteiger partial charge is 0.351 e. The molecule has 2 amide bonds. The molecule has 2 aliphatic carbocycles. The van der Waals surface area contributed by atoms with Crippen molar-refractivity contribution in [2.24, 2.45) is 5.92 Å². The highest BCUT2D eigenvalue weighted by molar-refractivity contribution is 5.98. The SMILES string of the molecule is O=C(NCC1(c2ccccc2)CCC1)c1cccc(NC(=O)C2CC2)c1. The fourth-order valence-corrected chi connectivity index (χ4v) is 3.64. The molecule has 0 saturated heterocycles. The lowest BCUT2D eigenvalue weighted by Crippen LogP contribution is -2.45. The number of hydrogen-bond acceptors (Lipinski definition) is 2. The minimum absolute atomic E-state index is 0.0556. The molecule has 2 saturated carbocycles. The summed E-state index contributed by atoms with van der Waals surface area (Å²) in [5.41, 5.74) is 2.64. The van der Waals surface area contributed by atoms with Gasteiger partial charge in [-0.2, -0.15) is 0 Å². The van der Waals surface area contributed by atoms with Crippen LogP contribution in [0.25, 0.3) is 0 Å². The first-order chi connectivity index (χ1) is 12.7. The van der Waals surface area contributed by atoms with Crippen molar-refractivity contribution < 1.29 is 9.59 Å². The van der Waals surface area contributed by atoms with Crippen molar-refractivity contribution in [2.45, 2.75) is 37.5 Å². The Kier molecular flexibility index (Phi) is 4.49. The molecule has 0 aliphatic heterocycles. The minimum Gasteiger partial charge on any atom is -0.351 e. The number of benzene rings is 2. The highest BCUT2D eigenvalue weighted by Crippen LogP contribution is 2.43. The second-order valence-electron chi connectivity index (χ2n) is 7.53. The molecule has 2 aromatic rings. The average molecular weight is 348 g/mol. The lowest BCUT2D eigenvalue weighted by molar-refractivity contribution is -0.117. The van der Waals surface area contributed by atoms with E-state index in [4.69, 9.17) is 0 Å². The van der Waals surface area contributed by atoms with Crippen LogP contribution in [-0.2, 0) is 10.2 Å².